The van der Waals surface area contributed by atoms with Crippen molar-refractivity contribution in [3.05, 3.63) is 56.4 Å². The van der Waals surface area contributed by atoms with E-state index in [9.17, 15) is 9.59 Å². The number of nitrogens with one attached hydrogen (secondary N) is 1. The van der Waals surface area contributed by atoms with E-state index >= 15 is 0 Å². The molecule has 0 bridgehead atoms. The maximum atomic E-state index is 12.0. The van der Waals surface area contributed by atoms with Crippen molar-refractivity contribution in [3.8, 4) is 11.3 Å². The third kappa shape index (κ3) is 5.01. The molecule has 2 heterocycles. The Bertz CT molecular complexity index is 965. The zero-order valence-corrected chi connectivity index (χ0v) is 16.9. The molecule has 0 spiro atoms. The van der Waals surface area contributed by atoms with E-state index in [0.29, 0.717) is 23.1 Å². The van der Waals surface area contributed by atoms with Gasteiger partial charge >= 0.3 is 0 Å². The van der Waals surface area contributed by atoms with Crippen molar-refractivity contribution in [1.82, 2.24) is 15.3 Å². The zero-order chi connectivity index (χ0) is 19.4. The molecule has 9 heteroatoms. The van der Waals surface area contributed by atoms with Crippen LogP contribution in [0.1, 0.15) is 33.5 Å². The molecule has 0 saturated carbocycles. The van der Waals surface area contributed by atoms with Crippen molar-refractivity contribution in [2.24, 2.45) is 5.73 Å². The first kappa shape index (κ1) is 19.2. The van der Waals surface area contributed by atoms with E-state index in [2.05, 4.69) is 31.2 Å². The Morgan fingerprint density at radius 2 is 2.00 bits per heavy atom. The van der Waals surface area contributed by atoms with Gasteiger partial charge in [-0.25, -0.2) is 9.97 Å². The number of carbonyl (C=O) groups is 2. The van der Waals surface area contributed by atoms with Crippen LogP contribution >= 0.6 is 27.3 Å². The third-order valence-corrected chi connectivity index (χ3v) is 5.13. The van der Waals surface area contributed by atoms with Gasteiger partial charge in [-0.05, 0) is 19.1 Å². The predicted octanol–water partition coefficient (Wildman–Crippen LogP) is 3.22. The molecule has 0 aliphatic heterocycles. The van der Waals surface area contributed by atoms with E-state index in [4.69, 9.17) is 10.2 Å². The second kappa shape index (κ2) is 8.45. The first-order valence-corrected chi connectivity index (χ1v) is 9.83. The van der Waals surface area contributed by atoms with Gasteiger partial charge in [0.25, 0.3) is 5.91 Å². The fourth-order valence-electron chi connectivity index (χ4n) is 2.42. The van der Waals surface area contributed by atoms with Gasteiger partial charge in [0.2, 0.25) is 5.91 Å². The number of thiazole rings is 1. The number of halogens is 1. The Labute approximate surface area is 168 Å². The minimum absolute atomic E-state index is 0.146. The Balaban J connectivity index is 1.53. The molecule has 27 heavy (non-hydrogen) atoms. The largest absolute Gasteiger partial charge is 0.440 e. The van der Waals surface area contributed by atoms with Crippen LogP contribution in [0.25, 0.3) is 11.3 Å². The summed E-state index contributed by atoms with van der Waals surface area (Å²) in [4.78, 5) is 31.5. The maximum absolute atomic E-state index is 12.0. The van der Waals surface area contributed by atoms with Crippen molar-refractivity contribution in [1.29, 1.82) is 0 Å². The maximum Gasteiger partial charge on any atom is 0.268 e. The summed E-state index contributed by atoms with van der Waals surface area (Å²) in [5.41, 5.74) is 7.09. The summed E-state index contributed by atoms with van der Waals surface area (Å²) in [5, 5.41) is 4.96. The van der Waals surface area contributed by atoms with Gasteiger partial charge in [-0.1, -0.05) is 28.1 Å². The lowest BCUT2D eigenvalue weighted by Gasteiger charge is -2.01. The lowest BCUT2D eigenvalue weighted by Crippen LogP contribution is -2.23. The van der Waals surface area contributed by atoms with Crippen LogP contribution in [0.15, 0.2) is 38.5 Å². The van der Waals surface area contributed by atoms with Crippen molar-refractivity contribution in [2.45, 2.75) is 26.3 Å². The smallest absolute Gasteiger partial charge is 0.268 e. The number of aryl methyl sites for hydroxylation is 2. The number of carbonyl (C=O) groups excluding carboxylic acids is 2. The molecule has 0 saturated heterocycles. The van der Waals surface area contributed by atoms with Crippen LogP contribution in [0.2, 0.25) is 0 Å². The van der Waals surface area contributed by atoms with Crippen LogP contribution in [-0.4, -0.2) is 21.8 Å². The van der Waals surface area contributed by atoms with Crippen molar-refractivity contribution >= 4 is 39.1 Å². The molecule has 0 atom stereocenters. The van der Waals surface area contributed by atoms with Gasteiger partial charge in [0, 0.05) is 28.3 Å². The number of hydrogen-bond donors (Lipinski definition) is 2. The first-order valence-electron chi connectivity index (χ1n) is 8.15. The number of hydrogen-bond acceptors (Lipinski definition) is 6. The highest BCUT2D eigenvalue weighted by molar-refractivity contribution is 9.10. The summed E-state index contributed by atoms with van der Waals surface area (Å²) in [7, 11) is 0. The van der Waals surface area contributed by atoms with Crippen molar-refractivity contribution in [3.63, 3.8) is 0 Å². The van der Waals surface area contributed by atoms with E-state index in [1.54, 1.807) is 5.38 Å². The molecule has 0 unspecified atom stereocenters. The molecule has 3 aromatic rings. The fourth-order valence-corrected chi connectivity index (χ4v) is 3.40. The van der Waals surface area contributed by atoms with Gasteiger partial charge in [-0.3, -0.25) is 9.59 Å². The molecule has 140 valence electrons. The number of rotatable bonds is 7. The Morgan fingerprint density at radius 1 is 1.26 bits per heavy atom. The van der Waals surface area contributed by atoms with Crippen LogP contribution in [0.3, 0.4) is 0 Å². The summed E-state index contributed by atoms with van der Waals surface area (Å²) >= 11 is 4.68. The number of nitrogens with two attached hydrogens (primary N) is 1. The molecule has 1 aromatic carbocycles. The van der Waals surface area contributed by atoms with E-state index in [-0.39, 0.29) is 24.6 Å². The van der Waals surface area contributed by atoms with Gasteiger partial charge in [-0.2, -0.15) is 0 Å². The van der Waals surface area contributed by atoms with Crippen LogP contribution in [-0.2, 0) is 17.8 Å². The molecule has 7 nitrogen and oxygen atoms in total. The van der Waals surface area contributed by atoms with Gasteiger partial charge in [0.1, 0.15) is 10.7 Å². The zero-order valence-electron chi connectivity index (χ0n) is 14.5. The van der Waals surface area contributed by atoms with Crippen LogP contribution in [0.4, 0.5) is 0 Å². The number of oxazole rings is 1. The van der Waals surface area contributed by atoms with Gasteiger partial charge < -0.3 is 15.5 Å². The topological polar surface area (TPSA) is 111 Å². The summed E-state index contributed by atoms with van der Waals surface area (Å²) in [6.07, 6.45) is 0.640. The fraction of sp³-hybridized carbons (Fsp3) is 0.222. The summed E-state index contributed by atoms with van der Waals surface area (Å²) in [5.74, 6) is 0.502. The molecular formula is C18H17BrN4O3S. The molecule has 0 fully saturated rings. The second-order valence-corrected chi connectivity index (χ2v) is 7.65. The van der Waals surface area contributed by atoms with Gasteiger partial charge in [-0.15, -0.1) is 11.3 Å². The Kier molecular flexibility index (Phi) is 6.02. The third-order valence-electron chi connectivity index (χ3n) is 3.75. The Morgan fingerprint density at radius 3 is 2.67 bits per heavy atom. The minimum Gasteiger partial charge on any atom is -0.440 e. The van der Waals surface area contributed by atoms with E-state index in [1.165, 1.54) is 11.3 Å². The molecule has 3 N–H and O–H groups in total. The van der Waals surface area contributed by atoms with E-state index < -0.39 is 5.91 Å². The van der Waals surface area contributed by atoms with Gasteiger partial charge in [0.05, 0.1) is 12.2 Å². The molecule has 0 aliphatic rings. The van der Waals surface area contributed by atoms with Crippen LogP contribution in [0.5, 0.6) is 0 Å². The number of aromatic nitrogens is 2. The molecule has 2 amide bonds. The summed E-state index contributed by atoms with van der Waals surface area (Å²) < 4.78 is 6.80. The lowest BCUT2D eigenvalue weighted by atomic mass is 10.1. The van der Waals surface area contributed by atoms with Crippen LogP contribution in [0, 0.1) is 6.92 Å². The standard InChI is InChI=1S/C18H17BrN4O3S/c1-10-17(11-2-4-12(19)5-3-11)26-15(22-10)7-6-14(24)21-8-16-23-13(9-27-16)18(20)25/h2-5,9H,6-8H2,1H3,(H2,20,25)(H,21,24). The number of benzene rings is 1. The second-order valence-electron chi connectivity index (χ2n) is 5.80. The molecule has 0 radical (unpaired) electrons. The van der Waals surface area contributed by atoms with Crippen molar-refractivity contribution < 1.29 is 14.0 Å². The molecule has 0 aliphatic carbocycles. The van der Waals surface area contributed by atoms with E-state index in [1.807, 2.05) is 31.2 Å². The normalized spacial score (nSPS) is 10.7. The van der Waals surface area contributed by atoms with E-state index in [0.717, 1.165) is 15.7 Å². The number of primary amides is 1. The average molecular weight is 449 g/mol. The quantitative estimate of drug-likeness (QED) is 0.576. The minimum atomic E-state index is -0.579. The predicted molar refractivity (Wildman–Crippen MR) is 105 cm³/mol. The molecular weight excluding hydrogens is 432 g/mol. The number of nitrogens with zero attached hydrogens (tertiary/aromatic N) is 2. The molecule has 3 rings (SSSR count). The highest BCUT2D eigenvalue weighted by atomic mass is 79.9. The first-order chi connectivity index (χ1) is 12.9. The average Bonchev–Trinajstić information content (AvgIpc) is 3.26. The van der Waals surface area contributed by atoms with Crippen LogP contribution < -0.4 is 11.1 Å². The Hall–Kier alpha value is -2.52. The molecule has 2 aromatic heterocycles. The lowest BCUT2D eigenvalue weighted by molar-refractivity contribution is -0.121. The van der Waals surface area contributed by atoms with Gasteiger partial charge in [0.15, 0.2) is 11.7 Å². The highest BCUT2D eigenvalue weighted by Crippen LogP contribution is 2.26. The van der Waals surface area contributed by atoms with Crippen molar-refractivity contribution in [2.75, 3.05) is 0 Å². The summed E-state index contributed by atoms with van der Waals surface area (Å²) in [6.45, 7) is 2.13. The summed E-state index contributed by atoms with van der Waals surface area (Å²) in [6, 6.07) is 7.77. The SMILES string of the molecule is Cc1nc(CCC(=O)NCc2nc(C(N)=O)cs2)oc1-c1ccc(Br)cc1. The number of amides is 2. The highest BCUT2D eigenvalue weighted by Gasteiger charge is 2.13. The monoisotopic (exact) mass is 448 g/mol.